The summed E-state index contributed by atoms with van der Waals surface area (Å²) in [5, 5.41) is 7.66. The number of aromatic nitrogens is 4. The molecule has 0 atom stereocenters. The maximum atomic E-state index is 6.51. The fraction of sp³-hybridized carbons (Fsp3) is 0. The number of fused-ring (bicyclic) bond motifs is 9. The fourth-order valence-electron chi connectivity index (χ4n) is 7.55. The van der Waals surface area contributed by atoms with Crippen molar-refractivity contribution in [2.24, 2.45) is 0 Å². The van der Waals surface area contributed by atoms with Crippen molar-refractivity contribution in [2.45, 2.75) is 0 Å². The van der Waals surface area contributed by atoms with Gasteiger partial charge in [-0.05, 0) is 57.6 Å². The van der Waals surface area contributed by atoms with Gasteiger partial charge >= 0.3 is 0 Å². The minimum atomic E-state index is 0.621. The van der Waals surface area contributed by atoms with Crippen LogP contribution in [0.25, 0.3) is 110 Å². The molecule has 0 N–H and O–H groups in total. The summed E-state index contributed by atoms with van der Waals surface area (Å²) < 4.78 is 7.65. The second kappa shape index (κ2) is 12.3. The van der Waals surface area contributed by atoms with Crippen LogP contribution < -0.4 is 0 Å². The normalized spacial score (nSPS) is 11.7. The minimum absolute atomic E-state index is 0.621. The number of benzene rings is 8. The summed E-state index contributed by atoms with van der Waals surface area (Å²) in [5.74, 6) is 1.88. The van der Waals surface area contributed by atoms with Gasteiger partial charge in [-0.25, -0.2) is 19.9 Å². The molecule has 252 valence electrons. The molecular formula is C48H28N4OS. The molecule has 0 saturated carbocycles. The highest BCUT2D eigenvalue weighted by molar-refractivity contribution is 7.21. The number of thiazole rings is 1. The molecule has 11 rings (SSSR count). The molecule has 0 aliphatic rings. The summed E-state index contributed by atoms with van der Waals surface area (Å²) in [5.41, 5.74) is 8.81. The Labute approximate surface area is 313 Å². The van der Waals surface area contributed by atoms with Crippen LogP contribution in [-0.4, -0.2) is 19.9 Å². The lowest BCUT2D eigenvalue weighted by Gasteiger charge is -2.11. The third kappa shape index (κ3) is 5.07. The first kappa shape index (κ1) is 30.6. The molecule has 0 unspecified atom stereocenters. The monoisotopic (exact) mass is 708 g/mol. The van der Waals surface area contributed by atoms with Crippen LogP contribution in [0.4, 0.5) is 0 Å². The molecule has 0 amide bonds. The maximum Gasteiger partial charge on any atom is 0.164 e. The summed E-state index contributed by atoms with van der Waals surface area (Å²) in [7, 11) is 0. The SMILES string of the molecule is c1ccc(-c2cccc(-c3nc(-c4ccccc4)nc(-c4ccc5c(ccc6ccc7oc8ccc9sc(-c%10ccccc%10)nc9c8c7c65)c4)n3)c2)cc1. The van der Waals surface area contributed by atoms with E-state index in [1.807, 2.05) is 42.5 Å². The van der Waals surface area contributed by atoms with Crippen molar-refractivity contribution in [1.82, 2.24) is 19.9 Å². The summed E-state index contributed by atoms with van der Waals surface area (Å²) in [4.78, 5) is 20.4. The molecule has 6 heteroatoms. The number of rotatable bonds is 5. The largest absolute Gasteiger partial charge is 0.456 e. The molecule has 0 spiro atoms. The van der Waals surface area contributed by atoms with E-state index >= 15 is 0 Å². The van der Waals surface area contributed by atoms with Crippen molar-refractivity contribution in [3.8, 4) is 55.9 Å². The lowest BCUT2D eigenvalue weighted by molar-refractivity contribution is 0.669. The first-order chi connectivity index (χ1) is 26.7. The summed E-state index contributed by atoms with van der Waals surface area (Å²) in [6, 6.07) is 58.6. The van der Waals surface area contributed by atoms with E-state index in [-0.39, 0.29) is 0 Å². The van der Waals surface area contributed by atoms with Crippen molar-refractivity contribution in [2.75, 3.05) is 0 Å². The fourth-order valence-corrected chi connectivity index (χ4v) is 8.53. The van der Waals surface area contributed by atoms with Gasteiger partial charge in [0.1, 0.15) is 16.2 Å². The average Bonchev–Trinajstić information content (AvgIpc) is 3.86. The Morgan fingerprint density at radius 2 is 0.944 bits per heavy atom. The number of hydrogen-bond acceptors (Lipinski definition) is 6. The lowest BCUT2D eigenvalue weighted by atomic mass is 9.96. The van der Waals surface area contributed by atoms with Gasteiger partial charge in [0.2, 0.25) is 0 Å². The summed E-state index contributed by atoms with van der Waals surface area (Å²) in [6.45, 7) is 0. The van der Waals surface area contributed by atoms with E-state index in [0.717, 1.165) is 92.1 Å². The van der Waals surface area contributed by atoms with Crippen molar-refractivity contribution in [3.05, 3.63) is 170 Å². The minimum Gasteiger partial charge on any atom is -0.456 e. The molecule has 3 aromatic heterocycles. The van der Waals surface area contributed by atoms with Crippen LogP contribution in [-0.2, 0) is 0 Å². The molecule has 3 heterocycles. The van der Waals surface area contributed by atoms with E-state index in [9.17, 15) is 0 Å². The molecule has 0 aliphatic heterocycles. The van der Waals surface area contributed by atoms with Gasteiger partial charge in [0.05, 0.1) is 15.6 Å². The van der Waals surface area contributed by atoms with Gasteiger partial charge in [-0.1, -0.05) is 140 Å². The van der Waals surface area contributed by atoms with Gasteiger partial charge < -0.3 is 4.42 Å². The second-order valence-corrected chi connectivity index (χ2v) is 14.5. The lowest BCUT2D eigenvalue weighted by Crippen LogP contribution is -2.00. The van der Waals surface area contributed by atoms with Gasteiger partial charge in [0, 0.05) is 33.0 Å². The summed E-state index contributed by atoms with van der Waals surface area (Å²) >= 11 is 1.71. The number of nitrogens with zero attached hydrogens (tertiary/aromatic N) is 4. The van der Waals surface area contributed by atoms with Crippen LogP contribution in [0.3, 0.4) is 0 Å². The van der Waals surface area contributed by atoms with E-state index < -0.39 is 0 Å². The van der Waals surface area contributed by atoms with Gasteiger partial charge in [0.15, 0.2) is 17.5 Å². The van der Waals surface area contributed by atoms with Crippen LogP contribution in [0.5, 0.6) is 0 Å². The Morgan fingerprint density at radius 3 is 1.70 bits per heavy atom. The standard InChI is InChI=1S/C48H28N4OS/c1-4-11-29(12-5-1)33-17-10-18-35(27-33)46-50-45(31-13-6-2-7-14-31)51-47(52-46)36-21-23-37-34(28-36)20-19-30-22-24-38-42(41(30)37)43-39(53-38)25-26-40-44(43)49-48(54-40)32-15-8-3-9-16-32/h1-28H. The van der Waals surface area contributed by atoms with E-state index in [2.05, 4.69) is 127 Å². The van der Waals surface area contributed by atoms with Gasteiger partial charge in [-0.15, -0.1) is 11.3 Å². The van der Waals surface area contributed by atoms with Crippen molar-refractivity contribution < 1.29 is 4.42 Å². The predicted octanol–water partition coefficient (Wildman–Crippen LogP) is 13.0. The van der Waals surface area contributed by atoms with E-state index in [1.165, 1.54) is 0 Å². The molecule has 0 radical (unpaired) electrons. The van der Waals surface area contributed by atoms with Crippen molar-refractivity contribution in [3.63, 3.8) is 0 Å². The predicted molar refractivity (Wildman–Crippen MR) is 222 cm³/mol. The zero-order valence-corrected chi connectivity index (χ0v) is 29.6. The van der Waals surface area contributed by atoms with E-state index in [0.29, 0.717) is 17.5 Å². The molecule has 0 saturated heterocycles. The highest BCUT2D eigenvalue weighted by Crippen LogP contribution is 2.43. The Kier molecular flexibility index (Phi) is 6.97. The maximum absolute atomic E-state index is 6.51. The molecule has 0 fully saturated rings. The molecule has 0 aliphatic carbocycles. The van der Waals surface area contributed by atoms with Gasteiger partial charge in [-0.2, -0.15) is 0 Å². The zero-order chi connectivity index (χ0) is 35.6. The Bertz CT molecular complexity index is 3210. The first-order valence-corrected chi connectivity index (χ1v) is 18.7. The van der Waals surface area contributed by atoms with Crippen molar-refractivity contribution >= 4 is 65.0 Å². The molecule has 11 aromatic rings. The van der Waals surface area contributed by atoms with Gasteiger partial charge in [-0.3, -0.25) is 0 Å². The van der Waals surface area contributed by atoms with Gasteiger partial charge in [0.25, 0.3) is 0 Å². The molecule has 54 heavy (non-hydrogen) atoms. The number of furan rings is 1. The molecule has 0 bridgehead atoms. The first-order valence-electron chi connectivity index (χ1n) is 17.9. The molecule has 5 nitrogen and oxygen atoms in total. The van der Waals surface area contributed by atoms with Crippen LogP contribution >= 0.6 is 11.3 Å². The third-order valence-corrected chi connectivity index (χ3v) is 11.2. The number of hydrogen-bond donors (Lipinski definition) is 0. The highest BCUT2D eigenvalue weighted by Gasteiger charge is 2.19. The van der Waals surface area contributed by atoms with E-state index in [4.69, 9.17) is 24.4 Å². The van der Waals surface area contributed by atoms with E-state index in [1.54, 1.807) is 11.3 Å². The average molecular weight is 709 g/mol. The topological polar surface area (TPSA) is 64.7 Å². The Morgan fingerprint density at radius 1 is 0.370 bits per heavy atom. The Balaban J connectivity index is 1.10. The second-order valence-electron chi connectivity index (χ2n) is 13.4. The van der Waals surface area contributed by atoms with Crippen LogP contribution in [0, 0.1) is 0 Å². The third-order valence-electron chi connectivity index (χ3n) is 10.1. The highest BCUT2D eigenvalue weighted by atomic mass is 32.1. The van der Waals surface area contributed by atoms with Crippen LogP contribution in [0.2, 0.25) is 0 Å². The zero-order valence-electron chi connectivity index (χ0n) is 28.8. The van der Waals surface area contributed by atoms with Crippen LogP contribution in [0.1, 0.15) is 0 Å². The quantitative estimate of drug-likeness (QED) is 0.167. The van der Waals surface area contributed by atoms with Crippen LogP contribution in [0.15, 0.2) is 174 Å². The van der Waals surface area contributed by atoms with Crippen molar-refractivity contribution in [1.29, 1.82) is 0 Å². The molecular weight excluding hydrogens is 681 g/mol. The molecule has 8 aromatic carbocycles. The summed E-state index contributed by atoms with van der Waals surface area (Å²) in [6.07, 6.45) is 0. The Hall–Kier alpha value is -7.02. The smallest absolute Gasteiger partial charge is 0.164 e.